The Kier molecular flexibility index (Phi) is 3.50. The quantitative estimate of drug-likeness (QED) is 0.873. The van der Waals surface area contributed by atoms with Gasteiger partial charge >= 0.3 is 0 Å². The third-order valence-electron chi connectivity index (χ3n) is 3.60. The van der Waals surface area contributed by atoms with Gasteiger partial charge in [0.15, 0.2) is 0 Å². The van der Waals surface area contributed by atoms with Gasteiger partial charge in [-0.1, -0.05) is 6.42 Å². The van der Waals surface area contributed by atoms with Gasteiger partial charge in [0.2, 0.25) is 10.0 Å². The van der Waals surface area contributed by atoms with Crippen molar-refractivity contribution in [2.24, 2.45) is 4.40 Å². The Morgan fingerprint density at radius 3 is 2.57 bits per heavy atom. The molecule has 0 aliphatic carbocycles. The average Bonchev–Trinajstić information content (AvgIpc) is 2.47. The summed E-state index contributed by atoms with van der Waals surface area (Å²) in [4.78, 5) is -0.117. The maximum absolute atomic E-state index is 12.6. The minimum absolute atomic E-state index is 0.00868. The Labute approximate surface area is 123 Å². The van der Waals surface area contributed by atoms with Crippen molar-refractivity contribution in [3.63, 3.8) is 0 Å². The van der Waals surface area contributed by atoms with Crippen molar-refractivity contribution in [3.05, 3.63) is 18.2 Å². The highest BCUT2D eigenvalue weighted by Crippen LogP contribution is 2.30. The Morgan fingerprint density at radius 2 is 1.86 bits per heavy atom. The molecule has 1 saturated heterocycles. The van der Waals surface area contributed by atoms with Gasteiger partial charge in [-0.25, -0.2) is 8.42 Å². The number of rotatable bonds is 2. The van der Waals surface area contributed by atoms with Crippen LogP contribution < -0.4 is 5.32 Å². The molecule has 114 valence electrons. The number of fused-ring (bicyclic) bond motifs is 1. The van der Waals surface area contributed by atoms with E-state index >= 15 is 0 Å². The molecular weight excluding hydrogens is 314 g/mol. The number of nitrogens with one attached hydrogen (secondary N) is 1. The topological polar surface area (TPSA) is 95.9 Å². The molecule has 0 saturated carbocycles. The Bertz CT molecular complexity index is 794. The fourth-order valence-electron chi connectivity index (χ4n) is 2.47. The number of piperidine rings is 1. The monoisotopic (exact) mass is 329 g/mol. The van der Waals surface area contributed by atoms with Crippen molar-refractivity contribution in [3.8, 4) is 0 Å². The minimum atomic E-state index is -3.83. The van der Waals surface area contributed by atoms with Gasteiger partial charge in [0.05, 0.1) is 10.6 Å². The lowest BCUT2D eigenvalue weighted by Gasteiger charge is -2.26. The fraction of sp³-hybridized carbons (Fsp3) is 0.417. The van der Waals surface area contributed by atoms with Gasteiger partial charge in [-0.3, -0.25) is 0 Å². The van der Waals surface area contributed by atoms with Gasteiger partial charge in [0.1, 0.15) is 11.2 Å². The van der Waals surface area contributed by atoms with Gasteiger partial charge in [0, 0.05) is 13.1 Å². The first-order valence-corrected chi connectivity index (χ1v) is 9.49. The molecule has 0 radical (unpaired) electrons. The van der Waals surface area contributed by atoms with Crippen LogP contribution in [0, 0.1) is 0 Å². The van der Waals surface area contributed by atoms with Gasteiger partial charge in [0.25, 0.3) is 10.0 Å². The summed E-state index contributed by atoms with van der Waals surface area (Å²) in [6.45, 7) is 0.950. The number of benzene rings is 1. The van der Waals surface area contributed by atoms with E-state index in [4.69, 9.17) is 0 Å². The Morgan fingerprint density at radius 1 is 1.14 bits per heavy atom. The summed E-state index contributed by atoms with van der Waals surface area (Å²) in [6, 6.07) is 4.05. The van der Waals surface area contributed by atoms with Gasteiger partial charge < -0.3 is 5.32 Å². The molecule has 2 aliphatic heterocycles. The number of hydrogen-bond donors (Lipinski definition) is 1. The molecule has 0 amide bonds. The van der Waals surface area contributed by atoms with Crippen LogP contribution in [-0.2, 0) is 20.0 Å². The van der Waals surface area contributed by atoms with Crippen molar-refractivity contribution >= 4 is 32.1 Å². The van der Waals surface area contributed by atoms with Crippen molar-refractivity contribution in [1.29, 1.82) is 0 Å². The zero-order valence-electron chi connectivity index (χ0n) is 11.2. The summed E-state index contributed by atoms with van der Waals surface area (Å²) in [5.74, 6) is 0. The van der Waals surface area contributed by atoms with E-state index in [1.54, 1.807) is 0 Å². The predicted octanol–water partition coefficient (Wildman–Crippen LogP) is 1.00. The van der Waals surface area contributed by atoms with Crippen LogP contribution in [0.2, 0.25) is 0 Å². The highest BCUT2D eigenvalue weighted by atomic mass is 32.2. The molecule has 1 aromatic rings. The molecule has 7 nitrogen and oxygen atoms in total. The maximum Gasteiger partial charge on any atom is 0.285 e. The SMILES string of the molecule is O=S1(=O)N=CNc2ccc(S(=O)(=O)N3CCCCC3)cc21. The lowest BCUT2D eigenvalue weighted by Crippen LogP contribution is -2.35. The van der Waals surface area contributed by atoms with Crippen LogP contribution in [-0.4, -0.2) is 40.6 Å². The van der Waals surface area contributed by atoms with Crippen LogP contribution in [0.25, 0.3) is 0 Å². The van der Waals surface area contributed by atoms with E-state index in [1.807, 2.05) is 0 Å². The first-order chi connectivity index (χ1) is 9.91. The number of hydrogen-bond acceptors (Lipinski definition) is 5. The normalized spacial score (nSPS) is 21.5. The molecule has 1 N–H and O–H groups in total. The number of sulfonamides is 2. The first-order valence-electron chi connectivity index (χ1n) is 6.61. The second-order valence-electron chi connectivity index (χ2n) is 4.98. The summed E-state index contributed by atoms with van der Waals surface area (Å²) in [5, 5.41) is 2.70. The zero-order valence-corrected chi connectivity index (χ0v) is 12.8. The number of nitrogens with zero attached hydrogens (tertiary/aromatic N) is 2. The van der Waals surface area contributed by atoms with E-state index in [0.717, 1.165) is 25.6 Å². The molecule has 0 unspecified atom stereocenters. The van der Waals surface area contributed by atoms with Gasteiger partial charge in [-0.15, -0.1) is 4.40 Å². The second-order valence-corrected chi connectivity index (χ2v) is 8.52. The van der Waals surface area contributed by atoms with Crippen molar-refractivity contribution in [2.75, 3.05) is 18.4 Å². The first kappa shape index (κ1) is 14.5. The summed E-state index contributed by atoms with van der Waals surface area (Å²) >= 11 is 0. The van der Waals surface area contributed by atoms with E-state index in [2.05, 4.69) is 9.71 Å². The molecule has 0 bridgehead atoms. The molecule has 0 aromatic heterocycles. The van der Waals surface area contributed by atoms with Crippen LogP contribution >= 0.6 is 0 Å². The van der Waals surface area contributed by atoms with Crippen molar-refractivity contribution in [2.45, 2.75) is 29.1 Å². The molecule has 21 heavy (non-hydrogen) atoms. The van der Waals surface area contributed by atoms with Crippen molar-refractivity contribution < 1.29 is 16.8 Å². The Hall–Kier alpha value is -1.45. The molecule has 3 rings (SSSR count). The molecule has 2 aliphatic rings. The minimum Gasteiger partial charge on any atom is -0.345 e. The molecule has 9 heteroatoms. The van der Waals surface area contributed by atoms with E-state index < -0.39 is 20.0 Å². The van der Waals surface area contributed by atoms with E-state index in [9.17, 15) is 16.8 Å². The highest BCUT2D eigenvalue weighted by molar-refractivity contribution is 7.91. The van der Waals surface area contributed by atoms with E-state index in [0.29, 0.717) is 18.8 Å². The van der Waals surface area contributed by atoms with Crippen LogP contribution in [0.4, 0.5) is 5.69 Å². The molecule has 2 heterocycles. The van der Waals surface area contributed by atoms with E-state index in [1.165, 1.54) is 22.5 Å². The lowest BCUT2D eigenvalue weighted by atomic mass is 10.2. The highest BCUT2D eigenvalue weighted by Gasteiger charge is 2.29. The van der Waals surface area contributed by atoms with Crippen LogP contribution in [0.3, 0.4) is 0 Å². The smallest absolute Gasteiger partial charge is 0.285 e. The summed E-state index contributed by atoms with van der Waals surface area (Å²) in [6.07, 6.45) is 3.75. The number of anilines is 1. The Balaban J connectivity index is 2.05. The molecule has 1 fully saturated rings. The van der Waals surface area contributed by atoms with Gasteiger partial charge in [-0.05, 0) is 31.0 Å². The fourth-order valence-corrected chi connectivity index (χ4v) is 5.08. The zero-order chi connectivity index (χ0) is 15.1. The summed E-state index contributed by atoms with van der Waals surface area (Å²) < 4.78 is 53.7. The van der Waals surface area contributed by atoms with Crippen molar-refractivity contribution in [1.82, 2.24) is 4.31 Å². The predicted molar refractivity (Wildman–Crippen MR) is 78.4 cm³/mol. The largest absolute Gasteiger partial charge is 0.345 e. The second kappa shape index (κ2) is 5.08. The van der Waals surface area contributed by atoms with Crippen LogP contribution in [0.15, 0.2) is 32.4 Å². The van der Waals surface area contributed by atoms with Crippen LogP contribution in [0.1, 0.15) is 19.3 Å². The summed E-state index contributed by atoms with van der Waals surface area (Å²) in [7, 11) is -7.49. The standard InChI is InChI=1S/C12H15N3O4S2/c16-20(17)12-8-10(4-5-11(12)13-9-14-20)21(18,19)15-6-2-1-3-7-15/h4-5,8-9H,1-3,6-7H2,(H,13,14). The molecule has 0 atom stereocenters. The van der Waals surface area contributed by atoms with Crippen LogP contribution in [0.5, 0.6) is 0 Å². The molecule has 1 aromatic carbocycles. The average molecular weight is 329 g/mol. The molecule has 0 spiro atoms. The summed E-state index contributed by atoms with van der Waals surface area (Å²) in [5.41, 5.74) is 0.336. The maximum atomic E-state index is 12.6. The van der Waals surface area contributed by atoms with Gasteiger partial charge in [-0.2, -0.15) is 12.7 Å². The third-order valence-corrected chi connectivity index (χ3v) is 6.77. The third kappa shape index (κ3) is 2.56. The lowest BCUT2D eigenvalue weighted by molar-refractivity contribution is 0.346. The molecular formula is C12H15N3O4S2. The van der Waals surface area contributed by atoms with E-state index in [-0.39, 0.29) is 9.79 Å².